The Morgan fingerprint density at radius 3 is 2.72 bits per heavy atom. The third-order valence-corrected chi connectivity index (χ3v) is 3.01. The van der Waals surface area contributed by atoms with Gasteiger partial charge in [0.05, 0.1) is 0 Å². The molecule has 1 aliphatic heterocycles. The van der Waals surface area contributed by atoms with Crippen LogP contribution in [0.5, 0.6) is 0 Å². The second-order valence-electron chi connectivity index (χ2n) is 5.88. The van der Waals surface area contributed by atoms with E-state index in [9.17, 15) is 4.79 Å². The zero-order valence-electron chi connectivity index (χ0n) is 11.3. The van der Waals surface area contributed by atoms with E-state index in [1.54, 1.807) is 0 Å². The van der Waals surface area contributed by atoms with Gasteiger partial charge in [0.15, 0.2) is 0 Å². The van der Waals surface area contributed by atoms with Gasteiger partial charge in [0.2, 0.25) is 0 Å². The summed E-state index contributed by atoms with van der Waals surface area (Å²) >= 11 is 0. The number of rotatable bonds is 0. The second-order valence-corrected chi connectivity index (χ2v) is 5.88. The first-order valence-corrected chi connectivity index (χ1v) is 6.29. The van der Waals surface area contributed by atoms with E-state index in [2.05, 4.69) is 11.4 Å². The van der Waals surface area contributed by atoms with Crippen LogP contribution in [-0.4, -0.2) is 23.0 Å². The van der Waals surface area contributed by atoms with E-state index >= 15 is 0 Å². The van der Waals surface area contributed by atoms with Crippen molar-refractivity contribution >= 4 is 11.7 Å². The number of nitrogens with zero attached hydrogens (tertiary/aromatic N) is 1. The number of anilines is 1. The van der Waals surface area contributed by atoms with Gasteiger partial charge in [-0.25, -0.2) is 4.79 Å². The normalized spacial score (nSPS) is 15.2. The third-order valence-electron chi connectivity index (χ3n) is 3.01. The quantitative estimate of drug-likeness (QED) is 0.690. The van der Waals surface area contributed by atoms with Gasteiger partial charge in [-0.3, -0.25) is 0 Å². The fourth-order valence-electron chi connectivity index (χ4n) is 2.15. The zero-order chi connectivity index (χ0) is 13.3. The molecule has 0 spiro atoms. The highest BCUT2D eigenvalue weighted by atomic mass is 16.2. The number of hydrogen-bond acceptors (Lipinski definition) is 2. The van der Waals surface area contributed by atoms with Gasteiger partial charge in [-0.2, -0.15) is 0 Å². The van der Waals surface area contributed by atoms with Crippen LogP contribution in [0.25, 0.3) is 0 Å². The molecule has 1 aromatic carbocycles. The van der Waals surface area contributed by atoms with E-state index in [0.29, 0.717) is 6.54 Å². The Kier molecular flexibility index (Phi) is 3.20. The molecule has 0 aliphatic carbocycles. The second kappa shape index (κ2) is 4.52. The van der Waals surface area contributed by atoms with E-state index in [-0.39, 0.29) is 11.6 Å². The molecule has 2 amide bonds. The van der Waals surface area contributed by atoms with Crippen LogP contribution in [0.3, 0.4) is 0 Å². The van der Waals surface area contributed by atoms with Crippen molar-refractivity contribution in [2.75, 3.05) is 12.3 Å². The average Bonchev–Trinajstić information content (AvgIpc) is 2.25. The first-order chi connectivity index (χ1) is 8.35. The molecule has 18 heavy (non-hydrogen) atoms. The number of carbonyl (C=O) groups excluding carboxylic acids is 1. The summed E-state index contributed by atoms with van der Waals surface area (Å²) in [6.07, 6.45) is 0.896. The van der Waals surface area contributed by atoms with Gasteiger partial charge in [0.25, 0.3) is 0 Å². The van der Waals surface area contributed by atoms with Gasteiger partial charge in [-0.1, -0.05) is 6.07 Å². The SMILES string of the molecule is CC(C)(C)NC(=O)N1CCc2ccc(N)cc2C1. The molecule has 0 radical (unpaired) electrons. The first-order valence-electron chi connectivity index (χ1n) is 6.29. The molecule has 4 heteroatoms. The molecule has 2 rings (SSSR count). The summed E-state index contributed by atoms with van der Waals surface area (Å²) in [5, 5.41) is 2.99. The van der Waals surface area contributed by atoms with E-state index in [1.165, 1.54) is 5.56 Å². The Hall–Kier alpha value is -1.71. The average molecular weight is 247 g/mol. The molecule has 0 aromatic heterocycles. The fourth-order valence-corrected chi connectivity index (χ4v) is 2.15. The number of nitrogens with one attached hydrogen (secondary N) is 1. The third kappa shape index (κ3) is 2.94. The lowest BCUT2D eigenvalue weighted by Crippen LogP contribution is -2.49. The Bertz CT molecular complexity index is 463. The standard InChI is InChI=1S/C14H21N3O/c1-14(2,3)16-13(18)17-7-6-10-4-5-12(15)8-11(10)9-17/h4-5,8H,6-7,9,15H2,1-3H3,(H,16,18). The molecule has 0 saturated carbocycles. The highest BCUT2D eigenvalue weighted by Crippen LogP contribution is 2.21. The molecule has 1 heterocycles. The van der Waals surface area contributed by atoms with Crippen molar-refractivity contribution in [3.05, 3.63) is 29.3 Å². The minimum absolute atomic E-state index is 0.00410. The molecular weight excluding hydrogens is 226 g/mol. The number of hydrogen-bond donors (Lipinski definition) is 2. The molecule has 0 saturated heterocycles. The van der Waals surface area contributed by atoms with Gasteiger partial charge in [0.1, 0.15) is 0 Å². The van der Waals surface area contributed by atoms with Gasteiger partial charge in [-0.15, -0.1) is 0 Å². The van der Waals surface area contributed by atoms with Gasteiger partial charge in [-0.05, 0) is 50.5 Å². The van der Waals surface area contributed by atoms with Crippen molar-refractivity contribution < 1.29 is 4.79 Å². The van der Waals surface area contributed by atoms with Crippen molar-refractivity contribution in [2.45, 2.75) is 39.3 Å². The van der Waals surface area contributed by atoms with E-state index in [0.717, 1.165) is 24.2 Å². The minimum atomic E-state index is -0.201. The molecule has 0 atom stereocenters. The minimum Gasteiger partial charge on any atom is -0.399 e. The van der Waals surface area contributed by atoms with Crippen LogP contribution in [0.15, 0.2) is 18.2 Å². The van der Waals surface area contributed by atoms with Crippen molar-refractivity contribution in [3.63, 3.8) is 0 Å². The smallest absolute Gasteiger partial charge is 0.318 e. The number of nitrogen functional groups attached to an aromatic ring is 1. The van der Waals surface area contributed by atoms with Crippen LogP contribution in [0.2, 0.25) is 0 Å². The maximum absolute atomic E-state index is 12.1. The largest absolute Gasteiger partial charge is 0.399 e. The number of urea groups is 1. The predicted molar refractivity (Wildman–Crippen MR) is 73.3 cm³/mol. The maximum Gasteiger partial charge on any atom is 0.318 e. The topological polar surface area (TPSA) is 58.4 Å². The highest BCUT2D eigenvalue weighted by Gasteiger charge is 2.23. The van der Waals surface area contributed by atoms with Crippen LogP contribution in [-0.2, 0) is 13.0 Å². The lowest BCUT2D eigenvalue weighted by atomic mass is 9.99. The summed E-state index contributed by atoms with van der Waals surface area (Å²) < 4.78 is 0. The Morgan fingerprint density at radius 1 is 1.33 bits per heavy atom. The summed E-state index contributed by atoms with van der Waals surface area (Å²) in [5.74, 6) is 0. The zero-order valence-corrected chi connectivity index (χ0v) is 11.3. The molecule has 0 bridgehead atoms. The predicted octanol–water partition coefficient (Wildman–Crippen LogP) is 2.14. The molecule has 0 unspecified atom stereocenters. The number of carbonyl (C=O) groups is 1. The Balaban J connectivity index is 2.09. The molecule has 1 aromatic rings. The number of amides is 2. The van der Waals surface area contributed by atoms with E-state index < -0.39 is 0 Å². The van der Waals surface area contributed by atoms with Crippen LogP contribution in [0.1, 0.15) is 31.9 Å². The van der Waals surface area contributed by atoms with Crippen molar-refractivity contribution in [3.8, 4) is 0 Å². The summed E-state index contributed by atoms with van der Waals surface area (Å²) in [4.78, 5) is 13.9. The maximum atomic E-state index is 12.1. The van der Waals surface area contributed by atoms with Gasteiger partial charge >= 0.3 is 6.03 Å². The van der Waals surface area contributed by atoms with E-state index in [4.69, 9.17) is 5.73 Å². The van der Waals surface area contributed by atoms with E-state index in [1.807, 2.05) is 37.8 Å². The molecule has 4 nitrogen and oxygen atoms in total. The lowest BCUT2D eigenvalue weighted by molar-refractivity contribution is 0.183. The van der Waals surface area contributed by atoms with Crippen LogP contribution < -0.4 is 11.1 Å². The summed E-state index contributed by atoms with van der Waals surface area (Å²) in [7, 11) is 0. The highest BCUT2D eigenvalue weighted by molar-refractivity contribution is 5.75. The summed E-state index contributed by atoms with van der Waals surface area (Å²) in [6.45, 7) is 7.36. The van der Waals surface area contributed by atoms with Crippen LogP contribution in [0.4, 0.5) is 10.5 Å². The molecule has 1 aliphatic rings. The van der Waals surface area contributed by atoms with Crippen molar-refractivity contribution in [1.82, 2.24) is 10.2 Å². The first kappa shape index (κ1) is 12.7. The molecule has 3 N–H and O–H groups in total. The van der Waals surface area contributed by atoms with Crippen LogP contribution >= 0.6 is 0 Å². The van der Waals surface area contributed by atoms with Gasteiger partial charge in [0, 0.05) is 24.3 Å². The van der Waals surface area contributed by atoms with Gasteiger partial charge < -0.3 is 16.0 Å². The molecule has 98 valence electrons. The fraction of sp³-hybridized carbons (Fsp3) is 0.500. The monoisotopic (exact) mass is 247 g/mol. The van der Waals surface area contributed by atoms with Crippen molar-refractivity contribution in [1.29, 1.82) is 0 Å². The number of nitrogens with two attached hydrogens (primary N) is 1. The summed E-state index contributed by atoms with van der Waals surface area (Å²) in [6, 6.07) is 5.94. The Labute approximate surface area is 108 Å². The number of fused-ring (bicyclic) bond motifs is 1. The Morgan fingerprint density at radius 2 is 2.06 bits per heavy atom. The number of benzene rings is 1. The lowest BCUT2D eigenvalue weighted by Gasteiger charge is -2.32. The molecular formula is C14H21N3O. The summed E-state index contributed by atoms with van der Waals surface area (Å²) in [5.41, 5.74) is 8.79. The molecule has 0 fully saturated rings. The van der Waals surface area contributed by atoms with Crippen molar-refractivity contribution in [2.24, 2.45) is 0 Å². The van der Waals surface area contributed by atoms with Crippen LogP contribution in [0, 0.1) is 0 Å².